The zero-order valence-electron chi connectivity index (χ0n) is 10.6. The summed E-state index contributed by atoms with van der Waals surface area (Å²) in [5, 5.41) is 8.16. The zero-order valence-corrected chi connectivity index (χ0v) is 11.4. The van der Waals surface area contributed by atoms with Crippen molar-refractivity contribution in [1.82, 2.24) is 5.43 Å². The van der Waals surface area contributed by atoms with E-state index in [1.54, 1.807) is 12.3 Å². The molecule has 0 aliphatic heterocycles. The fourth-order valence-corrected chi connectivity index (χ4v) is 2.60. The van der Waals surface area contributed by atoms with Crippen LogP contribution in [0.15, 0.2) is 65.1 Å². The number of hydrazone groups is 1. The monoisotopic (exact) mass is 280 g/mol. The summed E-state index contributed by atoms with van der Waals surface area (Å²) >= 11 is 1.39. The number of rotatable bonds is 3. The van der Waals surface area contributed by atoms with Crippen molar-refractivity contribution in [3.63, 3.8) is 0 Å². The van der Waals surface area contributed by atoms with Crippen molar-refractivity contribution < 1.29 is 4.79 Å². The first-order valence-electron chi connectivity index (χ1n) is 6.19. The standard InChI is InChI=1S/C16H12N2OS/c19-16(15-9-4-10-20-15)18-17-11-13-7-3-6-12-5-1-2-8-14(12)13/h1-11H,(H,18,19). The van der Waals surface area contributed by atoms with E-state index in [9.17, 15) is 4.79 Å². The van der Waals surface area contributed by atoms with Crippen LogP contribution < -0.4 is 5.43 Å². The first-order chi connectivity index (χ1) is 9.84. The van der Waals surface area contributed by atoms with Crippen LogP contribution in [0, 0.1) is 0 Å². The number of nitrogens with zero attached hydrogens (tertiary/aromatic N) is 1. The number of fused-ring (bicyclic) bond motifs is 1. The number of benzene rings is 2. The number of amides is 1. The maximum absolute atomic E-state index is 11.7. The lowest BCUT2D eigenvalue weighted by atomic mass is 10.1. The van der Waals surface area contributed by atoms with Gasteiger partial charge < -0.3 is 0 Å². The second-order valence-corrected chi connectivity index (χ2v) is 5.19. The molecule has 98 valence electrons. The summed E-state index contributed by atoms with van der Waals surface area (Å²) in [6.45, 7) is 0. The van der Waals surface area contributed by atoms with Gasteiger partial charge in [-0.2, -0.15) is 5.10 Å². The summed E-state index contributed by atoms with van der Waals surface area (Å²) in [5.41, 5.74) is 3.52. The molecule has 0 radical (unpaired) electrons. The van der Waals surface area contributed by atoms with Crippen LogP contribution in [0.3, 0.4) is 0 Å². The maximum Gasteiger partial charge on any atom is 0.281 e. The van der Waals surface area contributed by atoms with Crippen LogP contribution >= 0.6 is 11.3 Å². The molecule has 0 saturated carbocycles. The van der Waals surface area contributed by atoms with Crippen molar-refractivity contribution in [3.05, 3.63) is 70.4 Å². The van der Waals surface area contributed by atoms with Gasteiger partial charge in [0, 0.05) is 5.56 Å². The Morgan fingerprint density at radius 3 is 2.75 bits per heavy atom. The average Bonchev–Trinajstić information content (AvgIpc) is 3.02. The van der Waals surface area contributed by atoms with Crippen molar-refractivity contribution in [1.29, 1.82) is 0 Å². The van der Waals surface area contributed by atoms with Crippen molar-refractivity contribution in [2.24, 2.45) is 5.10 Å². The van der Waals surface area contributed by atoms with Gasteiger partial charge >= 0.3 is 0 Å². The second kappa shape index (κ2) is 5.67. The molecule has 1 aromatic heterocycles. The van der Waals surface area contributed by atoms with Crippen LogP contribution in [0.1, 0.15) is 15.2 Å². The summed E-state index contributed by atoms with van der Waals surface area (Å²) in [4.78, 5) is 12.4. The largest absolute Gasteiger partial charge is 0.281 e. The van der Waals surface area contributed by atoms with Gasteiger partial charge in [-0.1, -0.05) is 48.5 Å². The van der Waals surface area contributed by atoms with E-state index in [4.69, 9.17) is 0 Å². The van der Waals surface area contributed by atoms with Crippen LogP contribution in [-0.4, -0.2) is 12.1 Å². The van der Waals surface area contributed by atoms with Gasteiger partial charge in [-0.3, -0.25) is 4.79 Å². The number of carbonyl (C=O) groups excluding carboxylic acids is 1. The molecule has 3 aromatic rings. The van der Waals surface area contributed by atoms with Crippen LogP contribution in [0.2, 0.25) is 0 Å². The second-order valence-electron chi connectivity index (χ2n) is 4.24. The van der Waals surface area contributed by atoms with E-state index in [1.165, 1.54) is 11.3 Å². The van der Waals surface area contributed by atoms with E-state index < -0.39 is 0 Å². The quantitative estimate of drug-likeness (QED) is 0.577. The van der Waals surface area contributed by atoms with E-state index in [2.05, 4.69) is 22.7 Å². The average molecular weight is 280 g/mol. The molecule has 0 atom stereocenters. The van der Waals surface area contributed by atoms with Crippen molar-refractivity contribution in [3.8, 4) is 0 Å². The highest BCUT2D eigenvalue weighted by Gasteiger charge is 2.03. The zero-order chi connectivity index (χ0) is 13.8. The fraction of sp³-hybridized carbons (Fsp3) is 0. The third-order valence-electron chi connectivity index (χ3n) is 2.94. The van der Waals surface area contributed by atoms with Gasteiger partial charge in [-0.05, 0) is 22.2 Å². The molecule has 0 unspecified atom stereocenters. The van der Waals surface area contributed by atoms with E-state index in [0.717, 1.165) is 16.3 Å². The van der Waals surface area contributed by atoms with Crippen LogP contribution in [0.4, 0.5) is 0 Å². The highest BCUT2D eigenvalue weighted by Crippen LogP contribution is 2.16. The van der Waals surface area contributed by atoms with Gasteiger partial charge in [0.05, 0.1) is 11.1 Å². The molecule has 0 saturated heterocycles. The molecule has 1 heterocycles. The van der Waals surface area contributed by atoms with Gasteiger partial charge in [-0.25, -0.2) is 5.43 Å². The minimum absolute atomic E-state index is 0.184. The highest BCUT2D eigenvalue weighted by molar-refractivity contribution is 7.12. The summed E-state index contributed by atoms with van der Waals surface area (Å²) in [6.07, 6.45) is 1.67. The lowest BCUT2D eigenvalue weighted by Crippen LogP contribution is -2.16. The Labute approximate surface area is 120 Å². The number of nitrogens with one attached hydrogen (secondary N) is 1. The molecule has 0 bridgehead atoms. The predicted molar refractivity (Wildman–Crippen MR) is 83.3 cm³/mol. The summed E-state index contributed by atoms with van der Waals surface area (Å²) in [5.74, 6) is -0.184. The highest BCUT2D eigenvalue weighted by atomic mass is 32.1. The van der Waals surface area contributed by atoms with Crippen molar-refractivity contribution >= 4 is 34.2 Å². The van der Waals surface area contributed by atoms with E-state index in [1.807, 2.05) is 41.8 Å². The number of hydrogen-bond acceptors (Lipinski definition) is 3. The Balaban J connectivity index is 1.79. The minimum atomic E-state index is -0.184. The first kappa shape index (κ1) is 12.6. The van der Waals surface area contributed by atoms with Gasteiger partial charge in [0.2, 0.25) is 0 Å². The topological polar surface area (TPSA) is 41.5 Å². The lowest BCUT2D eigenvalue weighted by Gasteiger charge is -2.01. The molecule has 0 aliphatic rings. The number of thiophene rings is 1. The number of hydrogen-bond donors (Lipinski definition) is 1. The minimum Gasteiger partial charge on any atom is -0.266 e. The van der Waals surface area contributed by atoms with E-state index in [0.29, 0.717) is 4.88 Å². The van der Waals surface area contributed by atoms with Crippen LogP contribution in [0.25, 0.3) is 10.8 Å². The molecule has 3 nitrogen and oxygen atoms in total. The Morgan fingerprint density at radius 1 is 1.05 bits per heavy atom. The molecule has 3 rings (SSSR count). The third kappa shape index (κ3) is 2.60. The van der Waals surface area contributed by atoms with Crippen molar-refractivity contribution in [2.75, 3.05) is 0 Å². The normalized spacial score (nSPS) is 11.0. The molecule has 1 N–H and O–H groups in total. The Kier molecular flexibility index (Phi) is 3.56. The molecule has 0 aliphatic carbocycles. The molecular weight excluding hydrogens is 268 g/mol. The SMILES string of the molecule is O=C(NN=Cc1cccc2ccccc12)c1cccs1. The fourth-order valence-electron chi connectivity index (χ4n) is 1.99. The Morgan fingerprint density at radius 2 is 1.90 bits per heavy atom. The van der Waals surface area contributed by atoms with Gasteiger partial charge in [0.25, 0.3) is 5.91 Å². The Bertz CT molecular complexity index is 758. The molecule has 20 heavy (non-hydrogen) atoms. The summed E-state index contributed by atoms with van der Waals surface area (Å²) in [6, 6.07) is 17.7. The molecule has 0 fully saturated rings. The number of carbonyl (C=O) groups is 1. The van der Waals surface area contributed by atoms with Crippen LogP contribution in [0.5, 0.6) is 0 Å². The summed E-state index contributed by atoms with van der Waals surface area (Å²) in [7, 11) is 0. The first-order valence-corrected chi connectivity index (χ1v) is 7.07. The molecule has 0 spiro atoms. The van der Waals surface area contributed by atoms with Gasteiger partial charge in [0.15, 0.2) is 0 Å². The predicted octanol–water partition coefficient (Wildman–Crippen LogP) is 3.67. The van der Waals surface area contributed by atoms with E-state index in [-0.39, 0.29) is 5.91 Å². The third-order valence-corrected chi connectivity index (χ3v) is 3.81. The maximum atomic E-state index is 11.7. The molecular formula is C16H12N2OS. The van der Waals surface area contributed by atoms with E-state index >= 15 is 0 Å². The smallest absolute Gasteiger partial charge is 0.266 e. The molecule has 4 heteroatoms. The van der Waals surface area contributed by atoms with Gasteiger partial charge in [0.1, 0.15) is 0 Å². The molecule has 1 amide bonds. The summed E-state index contributed by atoms with van der Waals surface area (Å²) < 4.78 is 0. The lowest BCUT2D eigenvalue weighted by molar-refractivity contribution is 0.0959. The molecule has 2 aromatic carbocycles. The Hall–Kier alpha value is -2.46. The van der Waals surface area contributed by atoms with Gasteiger partial charge in [-0.15, -0.1) is 11.3 Å². The van der Waals surface area contributed by atoms with Crippen molar-refractivity contribution in [2.45, 2.75) is 0 Å². The van der Waals surface area contributed by atoms with Crippen LogP contribution in [-0.2, 0) is 0 Å².